The van der Waals surface area contributed by atoms with Crippen LogP contribution >= 0.6 is 23.4 Å². The molecule has 0 unspecified atom stereocenters. The van der Waals surface area contributed by atoms with Crippen LogP contribution < -0.4 is 11.1 Å². The maximum absolute atomic E-state index is 14.9. The molecule has 2 aromatic rings. The molecule has 0 saturated heterocycles. The van der Waals surface area contributed by atoms with Gasteiger partial charge in [0.1, 0.15) is 17.3 Å². The number of nitrogens with two attached hydrogens (primary N) is 1. The van der Waals surface area contributed by atoms with Crippen molar-refractivity contribution in [1.82, 2.24) is 4.98 Å². The van der Waals surface area contributed by atoms with Crippen LogP contribution in [-0.2, 0) is 5.54 Å². The van der Waals surface area contributed by atoms with E-state index in [1.54, 1.807) is 0 Å². The van der Waals surface area contributed by atoms with Crippen LogP contribution in [0.4, 0.5) is 14.5 Å². The summed E-state index contributed by atoms with van der Waals surface area (Å²) in [6.45, 7) is 0. The molecular formula is C20H19ClF2N4OS. The van der Waals surface area contributed by atoms with Gasteiger partial charge in [0.2, 0.25) is 0 Å². The summed E-state index contributed by atoms with van der Waals surface area (Å²) >= 11 is 7.24. The fraction of sp³-hybridized carbons (Fsp3) is 0.350. The van der Waals surface area contributed by atoms with Crippen LogP contribution in [0.2, 0.25) is 5.02 Å². The fourth-order valence-corrected chi connectivity index (χ4v) is 5.25. The number of halogens is 3. The van der Waals surface area contributed by atoms with Gasteiger partial charge in [0.25, 0.3) is 5.91 Å². The number of nitrogens with one attached hydrogen (secondary N) is 1. The average Bonchev–Trinajstić information content (AvgIpc) is 2.70. The zero-order valence-corrected chi connectivity index (χ0v) is 17.0. The molecule has 3 N–H and O–H groups in total. The van der Waals surface area contributed by atoms with E-state index < -0.39 is 23.1 Å². The summed E-state index contributed by atoms with van der Waals surface area (Å²) in [6.07, 6.45) is 4.78. The Balaban J connectivity index is 1.73. The van der Waals surface area contributed by atoms with Gasteiger partial charge >= 0.3 is 0 Å². The van der Waals surface area contributed by atoms with E-state index in [1.807, 2.05) is 0 Å². The van der Waals surface area contributed by atoms with E-state index >= 15 is 0 Å². The maximum atomic E-state index is 14.9. The van der Waals surface area contributed by atoms with Crippen LogP contribution in [0.5, 0.6) is 0 Å². The third kappa shape index (κ3) is 3.83. The number of carbonyl (C=O) groups is 1. The molecule has 4 rings (SSSR count). The molecule has 29 heavy (non-hydrogen) atoms. The predicted molar refractivity (Wildman–Crippen MR) is 111 cm³/mol. The molecule has 1 aliphatic heterocycles. The number of rotatable bonds is 3. The first-order valence-corrected chi connectivity index (χ1v) is 10.7. The van der Waals surface area contributed by atoms with Gasteiger partial charge in [-0.3, -0.25) is 9.79 Å². The van der Waals surface area contributed by atoms with Crippen molar-refractivity contribution in [3.63, 3.8) is 0 Å². The summed E-state index contributed by atoms with van der Waals surface area (Å²) < 4.78 is 29.4. The highest BCUT2D eigenvalue weighted by atomic mass is 35.5. The monoisotopic (exact) mass is 436 g/mol. The summed E-state index contributed by atoms with van der Waals surface area (Å²) in [4.78, 5) is 21.0. The predicted octanol–water partition coefficient (Wildman–Crippen LogP) is 4.71. The van der Waals surface area contributed by atoms with Crippen molar-refractivity contribution in [3.05, 3.63) is 58.4 Å². The van der Waals surface area contributed by atoms with Gasteiger partial charge in [-0.15, -0.1) is 0 Å². The van der Waals surface area contributed by atoms with Crippen LogP contribution in [0.3, 0.4) is 0 Å². The van der Waals surface area contributed by atoms with E-state index in [4.69, 9.17) is 17.3 Å². The topological polar surface area (TPSA) is 80.4 Å². The molecule has 1 aromatic carbocycles. The number of nitrogens with zero attached hydrogens (tertiary/aromatic N) is 2. The fourth-order valence-electron chi connectivity index (χ4n) is 4.10. The Kier molecular flexibility index (Phi) is 5.48. The largest absolute Gasteiger partial charge is 0.379 e. The van der Waals surface area contributed by atoms with Crippen molar-refractivity contribution in [3.8, 4) is 0 Å². The van der Waals surface area contributed by atoms with Gasteiger partial charge in [-0.05, 0) is 37.0 Å². The van der Waals surface area contributed by atoms with Crippen LogP contribution in [0.25, 0.3) is 0 Å². The Hall–Kier alpha value is -2.19. The quantitative estimate of drug-likeness (QED) is 0.730. The third-order valence-electron chi connectivity index (χ3n) is 5.51. The number of aliphatic imine (C=N–C) groups is 1. The molecule has 2 aliphatic rings. The first-order chi connectivity index (χ1) is 13.9. The molecule has 152 valence electrons. The van der Waals surface area contributed by atoms with Crippen LogP contribution in [-0.4, -0.2) is 21.8 Å². The van der Waals surface area contributed by atoms with Crippen molar-refractivity contribution < 1.29 is 13.6 Å². The molecule has 0 bridgehead atoms. The van der Waals surface area contributed by atoms with Gasteiger partial charge in [-0.1, -0.05) is 36.2 Å². The first-order valence-electron chi connectivity index (χ1n) is 9.29. The van der Waals surface area contributed by atoms with Crippen molar-refractivity contribution in [2.45, 2.75) is 31.2 Å². The lowest BCUT2D eigenvalue weighted by Crippen LogP contribution is -2.43. The van der Waals surface area contributed by atoms with E-state index in [0.717, 1.165) is 31.1 Å². The van der Waals surface area contributed by atoms with Gasteiger partial charge in [0, 0.05) is 23.6 Å². The molecule has 1 aromatic heterocycles. The Morgan fingerprint density at radius 1 is 1.28 bits per heavy atom. The van der Waals surface area contributed by atoms with Crippen LogP contribution in [0.15, 0.2) is 35.5 Å². The number of carbonyl (C=O) groups excluding carboxylic acids is 1. The summed E-state index contributed by atoms with van der Waals surface area (Å²) in [5.41, 5.74) is 5.38. The number of hydrogen-bond acceptors (Lipinski definition) is 5. The van der Waals surface area contributed by atoms with Crippen molar-refractivity contribution in [2.24, 2.45) is 16.6 Å². The minimum atomic E-state index is -0.862. The number of pyridine rings is 1. The van der Waals surface area contributed by atoms with E-state index in [2.05, 4.69) is 15.3 Å². The van der Waals surface area contributed by atoms with E-state index in [9.17, 15) is 13.6 Å². The number of amidine groups is 1. The molecule has 0 spiro atoms. The smallest absolute Gasteiger partial charge is 0.274 e. The number of hydrogen-bond donors (Lipinski definition) is 2. The molecule has 1 fully saturated rings. The van der Waals surface area contributed by atoms with Crippen LogP contribution in [0, 0.1) is 17.6 Å². The number of aromatic nitrogens is 1. The zero-order chi connectivity index (χ0) is 20.6. The van der Waals surface area contributed by atoms with Crippen molar-refractivity contribution >= 4 is 40.1 Å². The van der Waals surface area contributed by atoms with Gasteiger partial charge in [-0.2, -0.15) is 0 Å². The zero-order valence-electron chi connectivity index (χ0n) is 15.4. The second-order valence-electron chi connectivity index (χ2n) is 7.26. The summed E-state index contributed by atoms with van der Waals surface area (Å²) in [5.74, 6) is -1.31. The minimum Gasteiger partial charge on any atom is -0.379 e. The Labute approximate surface area is 176 Å². The SMILES string of the molecule is NC1=N[C@@]2(c3cc(NC(=O)c4ccc(Cl)cn4)c(F)cc3F)CCCC[C@H]2CS1. The summed E-state index contributed by atoms with van der Waals surface area (Å²) in [6, 6.07) is 5.09. The number of anilines is 1. The Morgan fingerprint density at radius 3 is 2.86 bits per heavy atom. The van der Waals surface area contributed by atoms with Crippen molar-refractivity contribution in [1.29, 1.82) is 0 Å². The number of amides is 1. The second-order valence-corrected chi connectivity index (χ2v) is 8.73. The number of thioether (sulfide) groups is 1. The number of benzene rings is 1. The van der Waals surface area contributed by atoms with Gasteiger partial charge in [0.05, 0.1) is 16.2 Å². The minimum absolute atomic E-state index is 0.0738. The maximum Gasteiger partial charge on any atom is 0.274 e. The standard InChI is InChI=1S/C20H19ClF2N4OS/c21-12-4-5-16(25-9-12)18(28)26-17-7-13(14(22)8-15(17)23)20-6-2-1-3-11(20)10-29-19(24)27-20/h4-5,7-9,11H,1-3,6,10H2,(H2,24,27)(H,26,28)/t11-,20-/m0/s1. The lowest BCUT2D eigenvalue weighted by molar-refractivity contribution is 0.102. The molecule has 2 heterocycles. The average molecular weight is 437 g/mol. The van der Waals surface area contributed by atoms with Crippen LogP contribution in [0.1, 0.15) is 41.7 Å². The lowest BCUT2D eigenvalue weighted by atomic mass is 9.69. The van der Waals surface area contributed by atoms with E-state index in [-0.39, 0.29) is 22.9 Å². The van der Waals surface area contributed by atoms with Crippen molar-refractivity contribution in [2.75, 3.05) is 11.1 Å². The number of fused-ring (bicyclic) bond motifs is 1. The molecule has 9 heteroatoms. The molecule has 1 amide bonds. The van der Waals surface area contributed by atoms with E-state index in [1.165, 1.54) is 36.2 Å². The molecule has 1 aliphatic carbocycles. The third-order valence-corrected chi connectivity index (χ3v) is 6.69. The Morgan fingerprint density at radius 2 is 2.10 bits per heavy atom. The first kappa shape index (κ1) is 20.1. The molecular weight excluding hydrogens is 418 g/mol. The highest BCUT2D eigenvalue weighted by molar-refractivity contribution is 8.13. The summed E-state index contributed by atoms with van der Waals surface area (Å²) in [5, 5.41) is 3.27. The highest BCUT2D eigenvalue weighted by Gasteiger charge is 2.46. The van der Waals surface area contributed by atoms with E-state index in [0.29, 0.717) is 16.6 Å². The summed E-state index contributed by atoms with van der Waals surface area (Å²) in [7, 11) is 0. The molecule has 1 saturated carbocycles. The molecule has 5 nitrogen and oxygen atoms in total. The highest BCUT2D eigenvalue weighted by Crippen LogP contribution is 2.50. The lowest BCUT2D eigenvalue weighted by Gasteiger charge is -2.44. The normalized spacial score (nSPS) is 23.8. The van der Waals surface area contributed by atoms with Gasteiger partial charge in [-0.25, -0.2) is 13.8 Å². The second kappa shape index (κ2) is 7.91. The molecule has 2 atom stereocenters. The molecule has 0 radical (unpaired) electrons. The van der Waals surface area contributed by atoms with Gasteiger partial charge < -0.3 is 11.1 Å². The Bertz CT molecular complexity index is 985. The van der Waals surface area contributed by atoms with Gasteiger partial charge in [0.15, 0.2) is 5.17 Å².